The maximum Gasteiger partial charge on any atom is 0.314 e. The molecule has 14 heavy (non-hydrogen) atoms. The van der Waals surface area contributed by atoms with Crippen molar-refractivity contribution in [1.29, 1.82) is 0 Å². The first kappa shape index (κ1) is 9.71. The van der Waals surface area contributed by atoms with Gasteiger partial charge in [0.2, 0.25) is 0 Å². The van der Waals surface area contributed by atoms with Crippen LogP contribution in [0.2, 0.25) is 0 Å². The van der Waals surface area contributed by atoms with Gasteiger partial charge in [-0.3, -0.25) is 4.79 Å². The van der Waals surface area contributed by atoms with Gasteiger partial charge in [-0.15, -0.1) is 0 Å². The highest BCUT2D eigenvalue weighted by Gasteiger charge is 2.60. The molecule has 0 heterocycles. The third-order valence-electron chi connectivity index (χ3n) is 2.96. The number of hydrogen-bond donors (Lipinski definition) is 1. The molecule has 3 heteroatoms. The minimum absolute atomic E-state index is 0.238. The predicted molar refractivity (Wildman–Crippen MR) is 57.7 cm³/mol. The maximum atomic E-state index is 11.2. The Labute approximate surface area is 91.1 Å². The molecule has 2 nitrogen and oxygen atoms in total. The van der Waals surface area contributed by atoms with Crippen molar-refractivity contribution in [3.8, 4) is 0 Å². The molecule has 0 spiro atoms. The fourth-order valence-electron chi connectivity index (χ4n) is 1.99. The molecule has 74 valence electrons. The van der Waals surface area contributed by atoms with E-state index in [1.165, 1.54) is 0 Å². The van der Waals surface area contributed by atoms with Gasteiger partial charge >= 0.3 is 5.97 Å². The van der Waals surface area contributed by atoms with Gasteiger partial charge in [0.25, 0.3) is 0 Å². The Kier molecular flexibility index (Phi) is 2.35. The summed E-state index contributed by atoms with van der Waals surface area (Å²) < 4.78 is 0. The molecule has 1 fully saturated rings. The van der Waals surface area contributed by atoms with Gasteiger partial charge in [0.05, 0.1) is 5.41 Å². The van der Waals surface area contributed by atoms with Gasteiger partial charge in [0.1, 0.15) is 0 Å². The highest BCUT2D eigenvalue weighted by molar-refractivity contribution is 9.09. The standard InChI is InChI=1S/C11H11BrO2/c12-7-9-6-11(9,10(13)14)8-4-2-1-3-5-8/h1-5,9H,6-7H2,(H,13,14). The molecule has 0 aliphatic heterocycles. The Bertz CT molecular complexity index is 350. The number of rotatable bonds is 3. The van der Waals surface area contributed by atoms with Gasteiger partial charge in [0.15, 0.2) is 0 Å². The van der Waals surface area contributed by atoms with E-state index in [1.54, 1.807) is 0 Å². The van der Waals surface area contributed by atoms with Crippen molar-refractivity contribution in [1.82, 2.24) is 0 Å². The topological polar surface area (TPSA) is 37.3 Å². The van der Waals surface area contributed by atoms with E-state index in [0.717, 1.165) is 17.3 Å². The number of carboxylic acid groups (broad SMARTS) is 1. The van der Waals surface area contributed by atoms with Crippen LogP contribution < -0.4 is 0 Å². The summed E-state index contributed by atoms with van der Waals surface area (Å²) in [6, 6.07) is 9.49. The van der Waals surface area contributed by atoms with Crippen LogP contribution in [0.25, 0.3) is 0 Å². The van der Waals surface area contributed by atoms with E-state index in [4.69, 9.17) is 0 Å². The van der Waals surface area contributed by atoms with Crippen LogP contribution in [0.15, 0.2) is 30.3 Å². The summed E-state index contributed by atoms with van der Waals surface area (Å²) in [5.74, 6) is -0.462. The van der Waals surface area contributed by atoms with Crippen molar-refractivity contribution >= 4 is 21.9 Å². The van der Waals surface area contributed by atoms with E-state index in [2.05, 4.69) is 15.9 Å². The average molecular weight is 255 g/mol. The molecule has 1 aliphatic carbocycles. The lowest BCUT2D eigenvalue weighted by atomic mass is 9.94. The Morgan fingerprint density at radius 2 is 2.14 bits per heavy atom. The van der Waals surface area contributed by atoms with Gasteiger partial charge in [-0.2, -0.15) is 0 Å². The molecule has 1 aliphatic rings. The van der Waals surface area contributed by atoms with Gasteiger partial charge in [-0.05, 0) is 17.9 Å². The molecule has 0 aromatic heterocycles. The van der Waals surface area contributed by atoms with Crippen LogP contribution >= 0.6 is 15.9 Å². The highest BCUT2D eigenvalue weighted by atomic mass is 79.9. The monoisotopic (exact) mass is 254 g/mol. The van der Waals surface area contributed by atoms with Crippen LogP contribution in [0.5, 0.6) is 0 Å². The summed E-state index contributed by atoms with van der Waals surface area (Å²) in [4.78, 5) is 11.2. The van der Waals surface area contributed by atoms with Crippen molar-refractivity contribution in [2.75, 3.05) is 5.33 Å². The Morgan fingerprint density at radius 3 is 2.57 bits per heavy atom. The lowest BCUT2D eigenvalue weighted by Gasteiger charge is -2.11. The molecule has 1 saturated carbocycles. The third kappa shape index (κ3) is 1.27. The average Bonchev–Trinajstić information content (AvgIpc) is 2.94. The van der Waals surface area contributed by atoms with Crippen LogP contribution in [0.4, 0.5) is 0 Å². The van der Waals surface area contributed by atoms with E-state index < -0.39 is 11.4 Å². The van der Waals surface area contributed by atoms with Gasteiger partial charge in [-0.1, -0.05) is 46.3 Å². The van der Waals surface area contributed by atoms with E-state index in [-0.39, 0.29) is 5.92 Å². The minimum atomic E-state index is -0.701. The summed E-state index contributed by atoms with van der Waals surface area (Å²) in [6.07, 6.45) is 0.748. The lowest BCUT2D eigenvalue weighted by molar-refractivity contribution is -0.140. The van der Waals surface area contributed by atoms with Crippen LogP contribution in [0, 0.1) is 5.92 Å². The number of hydrogen-bond acceptors (Lipinski definition) is 1. The minimum Gasteiger partial charge on any atom is -0.481 e. The summed E-state index contributed by atoms with van der Waals surface area (Å²) in [6.45, 7) is 0. The van der Waals surface area contributed by atoms with Crippen molar-refractivity contribution in [3.05, 3.63) is 35.9 Å². The van der Waals surface area contributed by atoms with Crippen molar-refractivity contribution in [3.63, 3.8) is 0 Å². The zero-order valence-electron chi connectivity index (χ0n) is 7.61. The molecule has 0 bridgehead atoms. The number of carbonyl (C=O) groups is 1. The van der Waals surface area contributed by atoms with Crippen molar-refractivity contribution in [2.24, 2.45) is 5.92 Å². The molecule has 2 unspecified atom stereocenters. The van der Waals surface area contributed by atoms with E-state index in [1.807, 2.05) is 30.3 Å². The number of carboxylic acids is 1. The molecule has 2 rings (SSSR count). The molecular formula is C11H11BrO2. The zero-order chi connectivity index (χ0) is 10.2. The number of benzene rings is 1. The Hall–Kier alpha value is -0.830. The third-order valence-corrected chi connectivity index (χ3v) is 3.74. The van der Waals surface area contributed by atoms with Gasteiger partial charge in [-0.25, -0.2) is 0 Å². The first-order valence-corrected chi connectivity index (χ1v) is 5.69. The van der Waals surface area contributed by atoms with Crippen LogP contribution in [0.1, 0.15) is 12.0 Å². The first-order chi connectivity index (χ1) is 6.71. The molecular weight excluding hydrogens is 244 g/mol. The lowest BCUT2D eigenvalue weighted by Crippen LogP contribution is -2.22. The Balaban J connectivity index is 2.36. The van der Waals surface area contributed by atoms with Crippen LogP contribution in [0.3, 0.4) is 0 Å². The van der Waals surface area contributed by atoms with Crippen molar-refractivity contribution < 1.29 is 9.90 Å². The molecule has 0 saturated heterocycles. The Morgan fingerprint density at radius 1 is 1.50 bits per heavy atom. The number of alkyl halides is 1. The van der Waals surface area contributed by atoms with Crippen LogP contribution in [-0.4, -0.2) is 16.4 Å². The molecule has 0 radical (unpaired) electrons. The fourth-order valence-corrected chi connectivity index (χ4v) is 2.77. The van der Waals surface area contributed by atoms with E-state index >= 15 is 0 Å². The second-order valence-corrected chi connectivity index (χ2v) is 4.35. The second-order valence-electron chi connectivity index (χ2n) is 3.70. The summed E-state index contributed by atoms with van der Waals surface area (Å²) in [7, 11) is 0. The molecule has 1 N–H and O–H groups in total. The molecule has 0 amide bonds. The van der Waals surface area contributed by atoms with Crippen LogP contribution in [-0.2, 0) is 10.2 Å². The SMILES string of the molecule is O=C(O)C1(c2ccccc2)CC1CBr. The molecule has 1 aromatic rings. The highest BCUT2D eigenvalue weighted by Crippen LogP contribution is 2.55. The fraction of sp³-hybridized carbons (Fsp3) is 0.364. The quantitative estimate of drug-likeness (QED) is 0.842. The smallest absolute Gasteiger partial charge is 0.314 e. The van der Waals surface area contributed by atoms with Crippen molar-refractivity contribution in [2.45, 2.75) is 11.8 Å². The summed E-state index contributed by atoms with van der Waals surface area (Å²) in [5, 5.41) is 10.00. The first-order valence-electron chi connectivity index (χ1n) is 4.56. The largest absolute Gasteiger partial charge is 0.481 e. The number of halogens is 1. The van der Waals surface area contributed by atoms with E-state index in [9.17, 15) is 9.90 Å². The number of aliphatic carboxylic acids is 1. The zero-order valence-corrected chi connectivity index (χ0v) is 9.20. The molecule has 1 aromatic carbocycles. The summed E-state index contributed by atoms with van der Waals surface area (Å²) >= 11 is 3.35. The van der Waals surface area contributed by atoms with Gasteiger partial charge in [0, 0.05) is 5.33 Å². The molecule has 2 atom stereocenters. The maximum absolute atomic E-state index is 11.2. The van der Waals surface area contributed by atoms with Gasteiger partial charge < -0.3 is 5.11 Å². The second kappa shape index (κ2) is 3.39. The normalized spacial score (nSPS) is 29.9. The van der Waals surface area contributed by atoms with E-state index in [0.29, 0.717) is 0 Å². The predicted octanol–water partition coefficient (Wildman–Crippen LogP) is 2.42. The summed E-state index contributed by atoms with van der Waals surface area (Å²) in [5.41, 5.74) is 0.307.